The highest BCUT2D eigenvalue weighted by molar-refractivity contribution is 7.13. The molecule has 1 heterocycles. The minimum Gasteiger partial charge on any atom is -0.492 e. The third-order valence-electron chi connectivity index (χ3n) is 3.43. The molecule has 1 N–H and O–H groups in total. The van der Waals surface area contributed by atoms with Crippen LogP contribution in [0.5, 0.6) is 5.75 Å². The summed E-state index contributed by atoms with van der Waals surface area (Å²) in [5, 5.41) is 5.45. The molecule has 0 spiro atoms. The Kier molecular flexibility index (Phi) is 5.23. The summed E-state index contributed by atoms with van der Waals surface area (Å²) < 4.78 is 5.55. The maximum atomic E-state index is 12.1. The van der Waals surface area contributed by atoms with Crippen molar-refractivity contribution in [2.45, 2.75) is 6.92 Å². The molecule has 24 heavy (non-hydrogen) atoms. The van der Waals surface area contributed by atoms with Crippen molar-refractivity contribution in [1.82, 2.24) is 10.3 Å². The van der Waals surface area contributed by atoms with Crippen LogP contribution in [0.25, 0.3) is 10.6 Å². The number of ether oxygens (including phenoxy) is 1. The number of carbonyl (C=O) groups is 1. The highest BCUT2D eigenvalue weighted by Crippen LogP contribution is 2.23. The lowest BCUT2D eigenvalue weighted by atomic mass is 10.2. The lowest BCUT2D eigenvalue weighted by Gasteiger charge is -2.06. The molecule has 0 saturated heterocycles. The average Bonchev–Trinajstić information content (AvgIpc) is 3.10. The van der Waals surface area contributed by atoms with Gasteiger partial charge in [-0.25, -0.2) is 4.98 Å². The van der Waals surface area contributed by atoms with E-state index in [0.29, 0.717) is 18.8 Å². The van der Waals surface area contributed by atoms with Crippen LogP contribution in [0.2, 0.25) is 0 Å². The fraction of sp³-hybridized carbons (Fsp3) is 0.158. The van der Waals surface area contributed by atoms with Crippen LogP contribution in [-0.2, 0) is 0 Å². The molecule has 0 aliphatic carbocycles. The second kappa shape index (κ2) is 7.75. The molecule has 0 atom stereocenters. The third kappa shape index (κ3) is 4.20. The second-order valence-electron chi connectivity index (χ2n) is 5.32. The van der Waals surface area contributed by atoms with Crippen LogP contribution < -0.4 is 10.1 Å². The number of carbonyl (C=O) groups excluding carboxylic acids is 1. The van der Waals surface area contributed by atoms with Gasteiger partial charge in [-0.3, -0.25) is 4.79 Å². The van der Waals surface area contributed by atoms with E-state index in [9.17, 15) is 4.79 Å². The van der Waals surface area contributed by atoms with Crippen molar-refractivity contribution >= 4 is 17.2 Å². The summed E-state index contributed by atoms with van der Waals surface area (Å²) in [5.41, 5.74) is 2.67. The molecule has 0 saturated carbocycles. The molecular weight excluding hydrogens is 320 g/mol. The molecular formula is C19H18N2O2S. The average molecular weight is 338 g/mol. The van der Waals surface area contributed by atoms with Crippen molar-refractivity contribution in [3.8, 4) is 16.3 Å². The van der Waals surface area contributed by atoms with Crippen molar-refractivity contribution in [2.75, 3.05) is 13.2 Å². The smallest absolute Gasteiger partial charge is 0.270 e. The van der Waals surface area contributed by atoms with Gasteiger partial charge in [-0.1, -0.05) is 48.0 Å². The van der Waals surface area contributed by atoms with Crippen LogP contribution in [0.1, 0.15) is 16.1 Å². The zero-order valence-electron chi connectivity index (χ0n) is 13.4. The van der Waals surface area contributed by atoms with Crippen LogP contribution in [-0.4, -0.2) is 24.0 Å². The van der Waals surface area contributed by atoms with Crippen molar-refractivity contribution < 1.29 is 9.53 Å². The summed E-state index contributed by atoms with van der Waals surface area (Å²) in [7, 11) is 0. The molecule has 122 valence electrons. The van der Waals surface area contributed by atoms with Gasteiger partial charge in [-0.05, 0) is 19.1 Å². The number of nitrogens with zero attached hydrogens (tertiary/aromatic N) is 1. The highest BCUT2D eigenvalue weighted by atomic mass is 32.1. The van der Waals surface area contributed by atoms with Crippen LogP contribution in [0.15, 0.2) is 60.0 Å². The molecule has 2 aromatic carbocycles. The minimum absolute atomic E-state index is 0.179. The quantitative estimate of drug-likeness (QED) is 0.693. The highest BCUT2D eigenvalue weighted by Gasteiger charge is 2.11. The largest absolute Gasteiger partial charge is 0.492 e. The van der Waals surface area contributed by atoms with Crippen LogP contribution in [0.3, 0.4) is 0 Å². The number of nitrogens with one attached hydrogen (secondary N) is 1. The van der Waals surface area contributed by atoms with Gasteiger partial charge in [0.15, 0.2) is 0 Å². The Hall–Kier alpha value is -2.66. The summed E-state index contributed by atoms with van der Waals surface area (Å²) in [6.45, 7) is 2.90. The van der Waals surface area contributed by atoms with E-state index in [2.05, 4.69) is 10.3 Å². The molecule has 0 radical (unpaired) electrons. The van der Waals surface area contributed by atoms with Gasteiger partial charge in [-0.15, -0.1) is 11.3 Å². The Labute approximate surface area is 145 Å². The molecule has 1 aromatic heterocycles. The summed E-state index contributed by atoms with van der Waals surface area (Å²) in [5.74, 6) is 0.614. The van der Waals surface area contributed by atoms with E-state index < -0.39 is 0 Å². The SMILES string of the molecule is Cc1ccc(-c2nc(C(=O)NCCOc3ccccc3)cs2)cc1. The van der Waals surface area contributed by atoms with Gasteiger partial charge in [-0.2, -0.15) is 0 Å². The molecule has 3 aromatic rings. The number of amides is 1. The first-order valence-electron chi connectivity index (χ1n) is 7.71. The van der Waals surface area contributed by atoms with Crippen molar-refractivity contribution in [1.29, 1.82) is 0 Å². The predicted molar refractivity (Wildman–Crippen MR) is 96.6 cm³/mol. The zero-order chi connectivity index (χ0) is 16.8. The number of aromatic nitrogens is 1. The molecule has 5 heteroatoms. The Morgan fingerprint density at radius 3 is 2.62 bits per heavy atom. The lowest BCUT2D eigenvalue weighted by Crippen LogP contribution is -2.28. The monoisotopic (exact) mass is 338 g/mol. The molecule has 0 fully saturated rings. The minimum atomic E-state index is -0.179. The van der Waals surface area contributed by atoms with E-state index in [4.69, 9.17) is 4.74 Å². The second-order valence-corrected chi connectivity index (χ2v) is 6.18. The van der Waals surface area contributed by atoms with Gasteiger partial charge >= 0.3 is 0 Å². The van der Waals surface area contributed by atoms with Gasteiger partial charge in [0.05, 0.1) is 6.54 Å². The summed E-state index contributed by atoms with van der Waals surface area (Å²) in [6, 6.07) is 17.6. The Morgan fingerprint density at radius 2 is 1.88 bits per heavy atom. The molecule has 4 nitrogen and oxygen atoms in total. The molecule has 3 rings (SSSR count). The van der Waals surface area contributed by atoms with E-state index in [1.54, 1.807) is 5.38 Å². The van der Waals surface area contributed by atoms with Crippen LogP contribution >= 0.6 is 11.3 Å². The molecule has 0 aliphatic rings. The first-order chi connectivity index (χ1) is 11.7. The van der Waals surface area contributed by atoms with Gasteiger partial charge in [0, 0.05) is 10.9 Å². The van der Waals surface area contributed by atoms with E-state index >= 15 is 0 Å². The Bertz CT molecular complexity index is 798. The van der Waals surface area contributed by atoms with E-state index in [0.717, 1.165) is 16.3 Å². The number of aryl methyl sites for hydroxylation is 1. The van der Waals surface area contributed by atoms with Crippen molar-refractivity contribution in [3.05, 3.63) is 71.2 Å². The number of rotatable bonds is 6. The number of thiazole rings is 1. The van der Waals surface area contributed by atoms with Crippen molar-refractivity contribution in [3.63, 3.8) is 0 Å². The fourth-order valence-corrected chi connectivity index (χ4v) is 2.95. The zero-order valence-corrected chi connectivity index (χ0v) is 14.2. The number of benzene rings is 2. The maximum Gasteiger partial charge on any atom is 0.270 e. The van der Waals surface area contributed by atoms with Gasteiger partial charge < -0.3 is 10.1 Å². The molecule has 0 aliphatic heterocycles. The molecule has 0 bridgehead atoms. The van der Waals surface area contributed by atoms with Gasteiger partial charge in [0.25, 0.3) is 5.91 Å². The summed E-state index contributed by atoms with van der Waals surface area (Å²) >= 11 is 1.47. The lowest BCUT2D eigenvalue weighted by molar-refractivity contribution is 0.0943. The fourth-order valence-electron chi connectivity index (χ4n) is 2.15. The Balaban J connectivity index is 1.51. The van der Waals surface area contributed by atoms with Gasteiger partial charge in [0.1, 0.15) is 23.1 Å². The van der Waals surface area contributed by atoms with E-state index in [1.165, 1.54) is 16.9 Å². The van der Waals surface area contributed by atoms with Crippen LogP contribution in [0, 0.1) is 6.92 Å². The molecule has 0 unspecified atom stereocenters. The third-order valence-corrected chi connectivity index (χ3v) is 4.33. The predicted octanol–water partition coefficient (Wildman–Crippen LogP) is 3.93. The number of hydrogen-bond acceptors (Lipinski definition) is 4. The molecule has 1 amide bonds. The van der Waals surface area contributed by atoms with Crippen molar-refractivity contribution in [2.24, 2.45) is 0 Å². The maximum absolute atomic E-state index is 12.1. The number of hydrogen-bond donors (Lipinski definition) is 1. The van der Waals surface area contributed by atoms with E-state index in [1.807, 2.05) is 61.5 Å². The van der Waals surface area contributed by atoms with Crippen LogP contribution in [0.4, 0.5) is 0 Å². The van der Waals surface area contributed by atoms with E-state index in [-0.39, 0.29) is 5.91 Å². The van der Waals surface area contributed by atoms with Gasteiger partial charge in [0.2, 0.25) is 0 Å². The standard InChI is InChI=1S/C19H18N2O2S/c1-14-7-9-15(10-8-14)19-21-17(13-24-19)18(22)20-11-12-23-16-5-3-2-4-6-16/h2-10,13H,11-12H2,1H3,(H,20,22). The topological polar surface area (TPSA) is 51.2 Å². The first-order valence-corrected chi connectivity index (χ1v) is 8.59. The first kappa shape index (κ1) is 16.2. The number of para-hydroxylation sites is 1. The Morgan fingerprint density at radius 1 is 1.12 bits per heavy atom. The normalized spacial score (nSPS) is 10.4. The summed E-state index contributed by atoms with van der Waals surface area (Å²) in [6.07, 6.45) is 0. The summed E-state index contributed by atoms with van der Waals surface area (Å²) in [4.78, 5) is 16.5.